The van der Waals surface area contributed by atoms with Gasteiger partial charge in [0.1, 0.15) is 5.75 Å². The van der Waals surface area contributed by atoms with E-state index in [0.29, 0.717) is 11.5 Å². The van der Waals surface area contributed by atoms with E-state index >= 15 is 0 Å². The Kier molecular flexibility index (Phi) is 3.23. The van der Waals surface area contributed by atoms with Crippen molar-refractivity contribution in [2.45, 2.75) is 50.0 Å². The van der Waals surface area contributed by atoms with E-state index < -0.39 is 0 Å². The number of hydrogen-bond donors (Lipinski definition) is 1. The molecule has 2 bridgehead atoms. The van der Waals surface area contributed by atoms with Crippen LogP contribution in [0.4, 0.5) is 0 Å². The van der Waals surface area contributed by atoms with Crippen molar-refractivity contribution in [2.75, 3.05) is 12.8 Å². The number of fused-ring (bicyclic) bond motifs is 1. The van der Waals surface area contributed by atoms with Crippen molar-refractivity contribution in [3.05, 3.63) is 29.3 Å². The lowest BCUT2D eigenvalue weighted by Crippen LogP contribution is -2.59. The molecule has 1 saturated heterocycles. The lowest BCUT2D eigenvalue weighted by Gasteiger charge is -2.56. The Morgan fingerprint density at radius 2 is 2.25 bits per heavy atom. The van der Waals surface area contributed by atoms with Crippen LogP contribution in [0, 0.1) is 5.92 Å². The molecule has 0 spiro atoms. The summed E-state index contributed by atoms with van der Waals surface area (Å²) in [5, 5.41) is 3.79. The van der Waals surface area contributed by atoms with Crippen molar-refractivity contribution in [1.29, 1.82) is 0 Å². The molecule has 108 valence electrons. The molecule has 1 aliphatic heterocycles. The first-order valence-electron chi connectivity index (χ1n) is 7.91. The van der Waals surface area contributed by atoms with Crippen molar-refractivity contribution >= 4 is 12.0 Å². The molecule has 1 N–H and O–H groups in total. The van der Waals surface area contributed by atoms with E-state index in [9.17, 15) is 0 Å². The van der Waals surface area contributed by atoms with Gasteiger partial charge in [-0.1, -0.05) is 18.9 Å². The number of benzene rings is 1. The second-order valence-corrected chi connectivity index (χ2v) is 7.09. The third kappa shape index (κ3) is 1.82. The molecule has 1 heterocycles. The maximum absolute atomic E-state index is 5.69. The standard InChI is InChI=1S/C17H23NOS/c1-20-19-13-6-5-12-10-16-14-4-2-3-7-17(14,8-9-18-16)15(12)11-13/h5-6,11,14,16,18H,2-4,7-10H2,1H3. The summed E-state index contributed by atoms with van der Waals surface area (Å²) in [6, 6.07) is 7.52. The zero-order valence-corrected chi connectivity index (χ0v) is 13.0. The van der Waals surface area contributed by atoms with Crippen LogP contribution in [0.3, 0.4) is 0 Å². The van der Waals surface area contributed by atoms with Crippen LogP contribution in [0.1, 0.15) is 43.2 Å². The van der Waals surface area contributed by atoms with Crippen LogP contribution >= 0.6 is 12.0 Å². The maximum Gasteiger partial charge on any atom is 0.137 e. The minimum Gasteiger partial charge on any atom is -0.426 e. The Labute approximate surface area is 125 Å². The van der Waals surface area contributed by atoms with Crippen LogP contribution in [-0.4, -0.2) is 18.8 Å². The average molecular weight is 289 g/mol. The molecule has 0 amide bonds. The zero-order chi connectivity index (χ0) is 13.6. The van der Waals surface area contributed by atoms with E-state index in [0.717, 1.165) is 11.7 Å². The van der Waals surface area contributed by atoms with E-state index in [1.54, 1.807) is 11.1 Å². The second kappa shape index (κ2) is 4.96. The molecule has 1 saturated carbocycles. The summed E-state index contributed by atoms with van der Waals surface area (Å²) in [5.41, 5.74) is 3.62. The highest BCUT2D eigenvalue weighted by Gasteiger charge is 2.51. The zero-order valence-electron chi connectivity index (χ0n) is 12.2. The van der Waals surface area contributed by atoms with E-state index in [1.165, 1.54) is 57.1 Å². The van der Waals surface area contributed by atoms with Crippen molar-refractivity contribution in [3.8, 4) is 5.75 Å². The molecule has 2 fully saturated rings. The van der Waals surface area contributed by atoms with E-state index in [4.69, 9.17) is 4.18 Å². The lowest BCUT2D eigenvalue weighted by atomic mass is 9.53. The highest BCUT2D eigenvalue weighted by Crippen LogP contribution is 2.54. The maximum atomic E-state index is 5.69. The molecule has 3 heteroatoms. The molecular formula is C17H23NOS. The predicted octanol–water partition coefficient (Wildman–Crippen LogP) is 3.69. The summed E-state index contributed by atoms with van der Waals surface area (Å²) in [6.45, 7) is 1.19. The van der Waals surface area contributed by atoms with Gasteiger partial charge < -0.3 is 9.50 Å². The molecule has 3 atom stereocenters. The smallest absolute Gasteiger partial charge is 0.137 e. The van der Waals surface area contributed by atoms with Crippen molar-refractivity contribution in [1.82, 2.24) is 5.32 Å². The van der Waals surface area contributed by atoms with Gasteiger partial charge in [-0.2, -0.15) is 0 Å². The highest BCUT2D eigenvalue weighted by atomic mass is 32.2. The van der Waals surface area contributed by atoms with Gasteiger partial charge in [0.25, 0.3) is 0 Å². The minimum atomic E-state index is 0.444. The molecule has 0 aromatic heterocycles. The largest absolute Gasteiger partial charge is 0.426 e. The van der Waals surface area contributed by atoms with Gasteiger partial charge in [-0.05, 0) is 61.4 Å². The summed E-state index contributed by atoms with van der Waals surface area (Å²) in [4.78, 5) is 0. The number of hydrogen-bond acceptors (Lipinski definition) is 3. The van der Waals surface area contributed by atoms with Crippen LogP contribution in [0.2, 0.25) is 0 Å². The van der Waals surface area contributed by atoms with Crippen molar-refractivity contribution < 1.29 is 4.18 Å². The van der Waals surface area contributed by atoms with E-state index in [2.05, 4.69) is 23.5 Å². The van der Waals surface area contributed by atoms with Gasteiger partial charge in [0.15, 0.2) is 0 Å². The van der Waals surface area contributed by atoms with E-state index in [-0.39, 0.29) is 0 Å². The second-order valence-electron chi connectivity index (χ2n) is 6.59. The highest BCUT2D eigenvalue weighted by molar-refractivity contribution is 7.94. The first kappa shape index (κ1) is 13.0. The third-order valence-corrected chi connectivity index (χ3v) is 6.16. The van der Waals surface area contributed by atoms with Crippen LogP contribution in [0.5, 0.6) is 5.75 Å². The number of nitrogens with one attached hydrogen (secondary N) is 1. The van der Waals surface area contributed by atoms with Gasteiger partial charge in [-0.3, -0.25) is 0 Å². The Hall–Kier alpha value is -0.670. The lowest BCUT2D eigenvalue weighted by molar-refractivity contribution is 0.0796. The SMILES string of the molecule is CSOc1ccc2c(c1)C13CCCCC1C(C2)NCC3. The molecule has 4 rings (SSSR count). The van der Waals surface area contributed by atoms with E-state index in [1.807, 2.05) is 6.26 Å². The summed E-state index contributed by atoms with van der Waals surface area (Å²) in [7, 11) is 0. The van der Waals surface area contributed by atoms with Crippen LogP contribution in [-0.2, 0) is 11.8 Å². The molecule has 2 nitrogen and oxygen atoms in total. The first-order chi connectivity index (χ1) is 9.83. The molecule has 3 aliphatic rings. The van der Waals surface area contributed by atoms with Crippen molar-refractivity contribution in [2.24, 2.45) is 5.92 Å². The topological polar surface area (TPSA) is 21.3 Å². The van der Waals surface area contributed by atoms with Gasteiger partial charge in [-0.15, -0.1) is 0 Å². The summed E-state index contributed by atoms with van der Waals surface area (Å²) in [6.07, 6.45) is 10.1. The summed E-state index contributed by atoms with van der Waals surface area (Å²) < 4.78 is 5.69. The Morgan fingerprint density at radius 1 is 1.30 bits per heavy atom. The van der Waals surface area contributed by atoms with Gasteiger partial charge >= 0.3 is 0 Å². The van der Waals surface area contributed by atoms with Crippen LogP contribution in [0.25, 0.3) is 0 Å². The molecule has 2 aliphatic carbocycles. The molecular weight excluding hydrogens is 266 g/mol. The van der Waals surface area contributed by atoms with Crippen LogP contribution < -0.4 is 9.50 Å². The Balaban J connectivity index is 1.83. The molecule has 20 heavy (non-hydrogen) atoms. The molecule has 1 aromatic carbocycles. The molecule has 1 aromatic rings. The predicted molar refractivity (Wildman–Crippen MR) is 84.3 cm³/mol. The normalized spacial score (nSPS) is 35.0. The van der Waals surface area contributed by atoms with Crippen LogP contribution in [0.15, 0.2) is 18.2 Å². The Morgan fingerprint density at radius 3 is 3.15 bits per heavy atom. The number of rotatable bonds is 2. The van der Waals surface area contributed by atoms with Gasteiger partial charge in [0.05, 0.1) is 12.0 Å². The molecule has 0 radical (unpaired) electrons. The monoisotopic (exact) mass is 289 g/mol. The third-order valence-electron chi connectivity index (χ3n) is 5.80. The fraction of sp³-hybridized carbons (Fsp3) is 0.647. The number of piperidine rings is 1. The quantitative estimate of drug-likeness (QED) is 0.839. The minimum absolute atomic E-state index is 0.444. The average Bonchev–Trinajstić information content (AvgIpc) is 2.48. The van der Waals surface area contributed by atoms with Gasteiger partial charge in [0, 0.05) is 17.7 Å². The summed E-state index contributed by atoms with van der Waals surface area (Å²) >= 11 is 1.44. The Bertz CT molecular complexity index is 514. The fourth-order valence-corrected chi connectivity index (χ4v) is 5.35. The van der Waals surface area contributed by atoms with Gasteiger partial charge in [-0.25, -0.2) is 0 Å². The van der Waals surface area contributed by atoms with Gasteiger partial charge in [0.2, 0.25) is 0 Å². The first-order valence-corrected chi connectivity index (χ1v) is 9.06. The molecule has 3 unspecified atom stereocenters. The fourth-order valence-electron chi connectivity index (χ4n) is 5.05. The summed E-state index contributed by atoms with van der Waals surface area (Å²) in [5.74, 6) is 1.88. The van der Waals surface area contributed by atoms with Crippen molar-refractivity contribution in [3.63, 3.8) is 0 Å².